The Morgan fingerprint density at radius 2 is 2.31 bits per heavy atom. The van der Waals surface area contributed by atoms with Crippen LogP contribution in [0.3, 0.4) is 0 Å². The molecule has 0 saturated heterocycles. The van der Waals surface area contributed by atoms with Gasteiger partial charge in [-0.15, -0.1) is 0 Å². The van der Waals surface area contributed by atoms with Gasteiger partial charge in [-0.2, -0.15) is 5.10 Å². The molecule has 0 aliphatic rings. The first kappa shape index (κ1) is 10.4. The van der Waals surface area contributed by atoms with Gasteiger partial charge in [-0.25, -0.2) is 0 Å². The quantitative estimate of drug-likeness (QED) is 0.583. The standard InChI is InChI=1S/C12H12N2O2/c1-9-3-6-12(16-9)11(15)5-4-10-7-13-14(2)8-10/h3-8H,1-2H3. The van der Waals surface area contributed by atoms with Gasteiger partial charge in [0.25, 0.3) is 0 Å². The van der Waals surface area contributed by atoms with E-state index in [4.69, 9.17) is 4.42 Å². The molecular formula is C12H12N2O2. The van der Waals surface area contributed by atoms with E-state index >= 15 is 0 Å². The van der Waals surface area contributed by atoms with Crippen LogP contribution in [0.2, 0.25) is 0 Å². The summed E-state index contributed by atoms with van der Waals surface area (Å²) in [4.78, 5) is 11.6. The van der Waals surface area contributed by atoms with Gasteiger partial charge in [0.05, 0.1) is 6.20 Å². The third-order valence-corrected chi connectivity index (χ3v) is 2.14. The van der Waals surface area contributed by atoms with E-state index in [0.29, 0.717) is 5.76 Å². The molecule has 16 heavy (non-hydrogen) atoms. The molecule has 2 aromatic heterocycles. The summed E-state index contributed by atoms with van der Waals surface area (Å²) in [6.07, 6.45) is 6.72. The molecule has 0 amide bonds. The van der Waals surface area contributed by atoms with Crippen molar-refractivity contribution >= 4 is 11.9 Å². The molecule has 0 radical (unpaired) electrons. The van der Waals surface area contributed by atoms with Gasteiger partial charge in [0.1, 0.15) is 5.76 Å². The maximum absolute atomic E-state index is 11.6. The van der Waals surface area contributed by atoms with Crippen molar-refractivity contribution in [3.05, 3.63) is 47.7 Å². The predicted molar refractivity (Wildman–Crippen MR) is 60.0 cm³/mol. The fourth-order valence-corrected chi connectivity index (χ4v) is 1.35. The second kappa shape index (κ2) is 4.18. The van der Waals surface area contributed by atoms with Crippen molar-refractivity contribution in [2.24, 2.45) is 7.05 Å². The number of hydrogen-bond acceptors (Lipinski definition) is 3. The Balaban J connectivity index is 2.10. The lowest BCUT2D eigenvalue weighted by Gasteiger charge is -1.88. The summed E-state index contributed by atoms with van der Waals surface area (Å²) >= 11 is 0. The highest BCUT2D eigenvalue weighted by atomic mass is 16.3. The van der Waals surface area contributed by atoms with Crippen LogP contribution in [0.15, 0.2) is 35.0 Å². The van der Waals surface area contributed by atoms with Crippen molar-refractivity contribution in [1.82, 2.24) is 9.78 Å². The predicted octanol–water partition coefficient (Wildman–Crippen LogP) is 2.22. The van der Waals surface area contributed by atoms with Crippen LogP contribution >= 0.6 is 0 Å². The number of nitrogens with zero attached hydrogens (tertiary/aromatic N) is 2. The van der Waals surface area contributed by atoms with E-state index in [1.165, 1.54) is 6.08 Å². The van der Waals surface area contributed by atoms with Crippen LogP contribution in [-0.2, 0) is 7.05 Å². The molecule has 2 heterocycles. The summed E-state index contributed by atoms with van der Waals surface area (Å²) in [6.45, 7) is 1.81. The second-order valence-electron chi connectivity index (χ2n) is 3.56. The number of carbonyl (C=O) groups is 1. The fourth-order valence-electron chi connectivity index (χ4n) is 1.35. The van der Waals surface area contributed by atoms with Crippen molar-refractivity contribution in [2.45, 2.75) is 6.92 Å². The Bertz CT molecular complexity index is 535. The zero-order valence-electron chi connectivity index (χ0n) is 9.18. The molecule has 0 N–H and O–H groups in total. The molecule has 2 rings (SSSR count). The molecule has 4 nitrogen and oxygen atoms in total. The van der Waals surface area contributed by atoms with Crippen molar-refractivity contribution in [1.29, 1.82) is 0 Å². The maximum Gasteiger partial charge on any atom is 0.221 e. The minimum absolute atomic E-state index is 0.142. The first-order valence-corrected chi connectivity index (χ1v) is 4.92. The van der Waals surface area contributed by atoms with Gasteiger partial charge in [-0.3, -0.25) is 9.48 Å². The maximum atomic E-state index is 11.6. The van der Waals surface area contributed by atoms with E-state index in [-0.39, 0.29) is 5.78 Å². The van der Waals surface area contributed by atoms with E-state index in [1.807, 2.05) is 20.2 Å². The zero-order chi connectivity index (χ0) is 11.5. The number of allylic oxidation sites excluding steroid dienone is 1. The van der Waals surface area contributed by atoms with Gasteiger partial charge in [0, 0.05) is 18.8 Å². The van der Waals surface area contributed by atoms with Crippen LogP contribution in [0.4, 0.5) is 0 Å². The smallest absolute Gasteiger partial charge is 0.221 e. The molecule has 0 aliphatic carbocycles. The molecule has 0 aliphatic heterocycles. The molecule has 0 aromatic carbocycles. The minimum atomic E-state index is -0.142. The Labute approximate surface area is 93.2 Å². The van der Waals surface area contributed by atoms with Gasteiger partial charge >= 0.3 is 0 Å². The normalized spacial score (nSPS) is 11.1. The number of aromatic nitrogens is 2. The minimum Gasteiger partial charge on any atom is -0.458 e. The lowest BCUT2D eigenvalue weighted by atomic mass is 10.2. The molecule has 0 atom stereocenters. The summed E-state index contributed by atoms with van der Waals surface area (Å²) in [6, 6.07) is 3.44. The lowest BCUT2D eigenvalue weighted by Crippen LogP contribution is -1.90. The van der Waals surface area contributed by atoms with Crippen molar-refractivity contribution < 1.29 is 9.21 Å². The molecule has 2 aromatic rings. The highest BCUT2D eigenvalue weighted by Crippen LogP contribution is 2.09. The topological polar surface area (TPSA) is 48.0 Å². The largest absolute Gasteiger partial charge is 0.458 e. The Morgan fingerprint density at radius 3 is 2.88 bits per heavy atom. The van der Waals surface area contributed by atoms with Crippen LogP contribution < -0.4 is 0 Å². The number of furan rings is 1. The average molecular weight is 216 g/mol. The van der Waals surface area contributed by atoms with Gasteiger partial charge in [0.2, 0.25) is 5.78 Å². The first-order valence-electron chi connectivity index (χ1n) is 4.92. The van der Waals surface area contributed by atoms with E-state index in [9.17, 15) is 4.79 Å². The van der Waals surface area contributed by atoms with Gasteiger partial charge in [-0.05, 0) is 31.2 Å². The van der Waals surface area contributed by atoms with Crippen LogP contribution in [0.5, 0.6) is 0 Å². The molecule has 0 unspecified atom stereocenters. The molecule has 4 heteroatoms. The highest BCUT2D eigenvalue weighted by Gasteiger charge is 2.05. The number of aryl methyl sites for hydroxylation is 2. The van der Waals surface area contributed by atoms with E-state index in [0.717, 1.165) is 11.3 Å². The summed E-state index contributed by atoms with van der Waals surface area (Å²) in [7, 11) is 1.83. The van der Waals surface area contributed by atoms with Gasteiger partial charge in [-0.1, -0.05) is 0 Å². The van der Waals surface area contributed by atoms with Crippen LogP contribution in [0.25, 0.3) is 6.08 Å². The summed E-state index contributed by atoms with van der Waals surface area (Å²) in [5.41, 5.74) is 0.888. The zero-order valence-corrected chi connectivity index (χ0v) is 9.18. The lowest BCUT2D eigenvalue weighted by molar-refractivity contribution is 0.102. The average Bonchev–Trinajstić information content (AvgIpc) is 2.84. The molecule has 82 valence electrons. The van der Waals surface area contributed by atoms with E-state index in [1.54, 1.807) is 29.1 Å². The summed E-state index contributed by atoms with van der Waals surface area (Å²) in [5.74, 6) is 0.952. The van der Waals surface area contributed by atoms with Crippen LogP contribution in [0.1, 0.15) is 21.9 Å². The van der Waals surface area contributed by atoms with Crippen LogP contribution in [-0.4, -0.2) is 15.6 Å². The molecular weight excluding hydrogens is 204 g/mol. The first-order chi connectivity index (χ1) is 7.65. The number of hydrogen-bond donors (Lipinski definition) is 0. The monoisotopic (exact) mass is 216 g/mol. The summed E-state index contributed by atoms with van der Waals surface area (Å²) in [5, 5.41) is 4.00. The van der Waals surface area contributed by atoms with E-state index in [2.05, 4.69) is 5.10 Å². The summed E-state index contributed by atoms with van der Waals surface area (Å²) < 4.78 is 6.90. The number of ketones is 1. The van der Waals surface area contributed by atoms with Gasteiger partial charge in [0.15, 0.2) is 5.76 Å². The third-order valence-electron chi connectivity index (χ3n) is 2.14. The van der Waals surface area contributed by atoms with Crippen molar-refractivity contribution in [3.63, 3.8) is 0 Å². The highest BCUT2D eigenvalue weighted by molar-refractivity contribution is 6.04. The number of carbonyl (C=O) groups excluding carboxylic acids is 1. The van der Waals surface area contributed by atoms with Gasteiger partial charge < -0.3 is 4.42 Å². The van der Waals surface area contributed by atoms with Crippen LogP contribution in [0, 0.1) is 6.92 Å². The molecule has 0 spiro atoms. The third kappa shape index (κ3) is 2.28. The molecule has 0 bridgehead atoms. The van der Waals surface area contributed by atoms with E-state index < -0.39 is 0 Å². The van der Waals surface area contributed by atoms with Crippen molar-refractivity contribution in [2.75, 3.05) is 0 Å². The Morgan fingerprint density at radius 1 is 1.50 bits per heavy atom. The van der Waals surface area contributed by atoms with Crippen molar-refractivity contribution in [3.8, 4) is 0 Å². The Hall–Kier alpha value is -2.10. The molecule has 0 fully saturated rings. The number of rotatable bonds is 3. The SMILES string of the molecule is Cc1ccc(C(=O)C=Cc2cnn(C)c2)o1. The fraction of sp³-hybridized carbons (Fsp3) is 0.167. The Kier molecular flexibility index (Phi) is 2.72. The second-order valence-corrected chi connectivity index (χ2v) is 3.56. The molecule has 0 saturated carbocycles.